The highest BCUT2D eigenvalue weighted by Crippen LogP contribution is 2.19. The second-order valence-corrected chi connectivity index (χ2v) is 7.33. The summed E-state index contributed by atoms with van der Waals surface area (Å²) in [5, 5.41) is 12.6. The summed E-state index contributed by atoms with van der Waals surface area (Å²) in [4.78, 5) is 14.2. The molecule has 8 heteroatoms. The minimum atomic E-state index is 0.146. The van der Waals surface area contributed by atoms with Gasteiger partial charge in [0.15, 0.2) is 0 Å². The zero-order valence-corrected chi connectivity index (χ0v) is 15.0. The van der Waals surface area contributed by atoms with Crippen molar-refractivity contribution in [3.8, 4) is 0 Å². The third-order valence-electron chi connectivity index (χ3n) is 4.73. The molecule has 1 aliphatic carbocycles. The van der Waals surface area contributed by atoms with E-state index in [4.69, 9.17) is 11.6 Å². The fourth-order valence-electron chi connectivity index (χ4n) is 3.17. The molecule has 0 radical (unpaired) electrons. The second kappa shape index (κ2) is 7.17. The summed E-state index contributed by atoms with van der Waals surface area (Å²) in [6, 6.07) is 2.57. The minimum Gasteiger partial charge on any atom is -0.353 e. The van der Waals surface area contributed by atoms with E-state index in [2.05, 4.69) is 31.2 Å². The Labute approximate surface area is 151 Å². The SMILES string of the molecule is O=C(CCc1cc2n(n1)CCN(CCn1cc(Cl)cn1)C2)NC1CC1. The molecule has 2 aromatic rings. The second-order valence-electron chi connectivity index (χ2n) is 6.89. The Morgan fingerprint density at radius 2 is 2.20 bits per heavy atom. The van der Waals surface area contributed by atoms with Crippen molar-refractivity contribution < 1.29 is 4.79 Å². The number of carbonyl (C=O) groups excluding carboxylic acids is 1. The molecule has 0 spiro atoms. The zero-order chi connectivity index (χ0) is 17.2. The molecule has 0 bridgehead atoms. The number of fused-ring (bicyclic) bond motifs is 1. The van der Waals surface area contributed by atoms with Gasteiger partial charge in [-0.15, -0.1) is 0 Å². The van der Waals surface area contributed by atoms with Crippen LogP contribution in [0.5, 0.6) is 0 Å². The predicted molar refractivity (Wildman–Crippen MR) is 94.2 cm³/mol. The van der Waals surface area contributed by atoms with Gasteiger partial charge < -0.3 is 5.32 Å². The van der Waals surface area contributed by atoms with Crippen LogP contribution in [0.25, 0.3) is 0 Å². The number of aryl methyl sites for hydroxylation is 1. The third kappa shape index (κ3) is 4.41. The lowest BCUT2D eigenvalue weighted by Crippen LogP contribution is -2.36. The van der Waals surface area contributed by atoms with E-state index in [9.17, 15) is 4.79 Å². The van der Waals surface area contributed by atoms with Crippen LogP contribution in [0.15, 0.2) is 18.5 Å². The van der Waals surface area contributed by atoms with Crippen molar-refractivity contribution in [1.29, 1.82) is 0 Å². The average Bonchev–Trinajstić information content (AvgIpc) is 3.16. The molecule has 1 aliphatic heterocycles. The predicted octanol–water partition coefficient (Wildman–Crippen LogP) is 1.46. The number of aromatic nitrogens is 4. The fraction of sp³-hybridized carbons (Fsp3) is 0.588. The minimum absolute atomic E-state index is 0.146. The standard InChI is InChI=1S/C17H23ClN6O/c18-13-10-19-23(11-13)7-5-22-6-8-24-16(12-22)9-15(21-24)3-4-17(25)20-14-1-2-14/h9-11,14H,1-8,12H2,(H,20,25). The third-order valence-corrected chi connectivity index (χ3v) is 4.92. The normalized spacial score (nSPS) is 17.5. The summed E-state index contributed by atoms with van der Waals surface area (Å²) in [6.45, 7) is 4.52. The molecule has 1 amide bonds. The smallest absolute Gasteiger partial charge is 0.220 e. The lowest BCUT2D eigenvalue weighted by molar-refractivity contribution is -0.121. The number of hydrogen-bond acceptors (Lipinski definition) is 4. The number of hydrogen-bond donors (Lipinski definition) is 1. The van der Waals surface area contributed by atoms with E-state index < -0.39 is 0 Å². The van der Waals surface area contributed by atoms with Gasteiger partial charge in [0.1, 0.15) is 0 Å². The highest BCUT2D eigenvalue weighted by molar-refractivity contribution is 6.30. The first kappa shape index (κ1) is 16.6. The number of halogens is 1. The molecule has 3 heterocycles. The van der Waals surface area contributed by atoms with Crippen molar-refractivity contribution in [2.24, 2.45) is 0 Å². The summed E-state index contributed by atoms with van der Waals surface area (Å²) in [7, 11) is 0. The molecule has 4 rings (SSSR count). The van der Waals surface area contributed by atoms with Crippen LogP contribution in [0.4, 0.5) is 0 Å². The van der Waals surface area contributed by atoms with Crippen LogP contribution in [0, 0.1) is 0 Å². The summed E-state index contributed by atoms with van der Waals surface area (Å²) < 4.78 is 3.95. The maximum absolute atomic E-state index is 11.8. The van der Waals surface area contributed by atoms with E-state index in [1.807, 2.05) is 10.9 Å². The Morgan fingerprint density at radius 1 is 1.32 bits per heavy atom. The highest BCUT2D eigenvalue weighted by atomic mass is 35.5. The van der Waals surface area contributed by atoms with Crippen molar-refractivity contribution in [1.82, 2.24) is 29.8 Å². The highest BCUT2D eigenvalue weighted by Gasteiger charge is 2.23. The molecule has 0 aromatic carbocycles. The van der Waals surface area contributed by atoms with Crippen molar-refractivity contribution in [3.05, 3.63) is 34.9 Å². The molecule has 25 heavy (non-hydrogen) atoms. The Hall–Kier alpha value is -1.86. The van der Waals surface area contributed by atoms with Crippen LogP contribution in [0.2, 0.25) is 5.02 Å². The molecule has 2 aliphatic rings. The van der Waals surface area contributed by atoms with E-state index in [0.29, 0.717) is 23.9 Å². The number of rotatable bonds is 7. The summed E-state index contributed by atoms with van der Waals surface area (Å²) in [5.74, 6) is 0.146. The Morgan fingerprint density at radius 3 is 2.96 bits per heavy atom. The Balaban J connectivity index is 1.27. The molecular weight excluding hydrogens is 340 g/mol. The quantitative estimate of drug-likeness (QED) is 0.809. The maximum Gasteiger partial charge on any atom is 0.220 e. The zero-order valence-electron chi connectivity index (χ0n) is 14.2. The molecule has 134 valence electrons. The molecule has 2 aromatic heterocycles. The number of nitrogens with one attached hydrogen (secondary N) is 1. The molecule has 1 saturated carbocycles. The van der Waals surface area contributed by atoms with Gasteiger partial charge in [-0.25, -0.2) is 0 Å². The van der Waals surface area contributed by atoms with Gasteiger partial charge in [0, 0.05) is 44.7 Å². The molecule has 7 nitrogen and oxygen atoms in total. The van der Waals surface area contributed by atoms with Crippen LogP contribution in [-0.2, 0) is 30.8 Å². The van der Waals surface area contributed by atoms with E-state index in [1.54, 1.807) is 6.20 Å². The monoisotopic (exact) mass is 362 g/mol. The van der Waals surface area contributed by atoms with Gasteiger partial charge in [-0.3, -0.25) is 19.1 Å². The van der Waals surface area contributed by atoms with Gasteiger partial charge in [-0.2, -0.15) is 10.2 Å². The van der Waals surface area contributed by atoms with Gasteiger partial charge in [0.25, 0.3) is 0 Å². The number of carbonyl (C=O) groups is 1. The summed E-state index contributed by atoms with van der Waals surface area (Å²) >= 11 is 5.90. The Bertz CT molecular complexity index is 750. The number of amides is 1. The van der Waals surface area contributed by atoms with E-state index in [0.717, 1.165) is 51.3 Å². The van der Waals surface area contributed by atoms with Gasteiger partial charge in [-0.1, -0.05) is 11.6 Å². The molecule has 0 atom stereocenters. The van der Waals surface area contributed by atoms with Gasteiger partial charge in [0.05, 0.1) is 35.7 Å². The van der Waals surface area contributed by atoms with E-state index in [1.165, 1.54) is 5.69 Å². The fourth-order valence-corrected chi connectivity index (χ4v) is 3.32. The van der Waals surface area contributed by atoms with E-state index in [-0.39, 0.29) is 5.91 Å². The first-order valence-electron chi connectivity index (χ1n) is 8.91. The van der Waals surface area contributed by atoms with Crippen LogP contribution in [0.1, 0.15) is 30.7 Å². The van der Waals surface area contributed by atoms with Crippen LogP contribution in [0.3, 0.4) is 0 Å². The first-order valence-corrected chi connectivity index (χ1v) is 9.29. The van der Waals surface area contributed by atoms with Crippen molar-refractivity contribution in [2.75, 3.05) is 13.1 Å². The maximum atomic E-state index is 11.8. The van der Waals surface area contributed by atoms with E-state index >= 15 is 0 Å². The lowest BCUT2D eigenvalue weighted by atomic mass is 10.2. The summed E-state index contributed by atoms with van der Waals surface area (Å²) in [6.07, 6.45) is 7.01. The summed E-state index contributed by atoms with van der Waals surface area (Å²) in [5.41, 5.74) is 2.24. The molecule has 1 N–H and O–H groups in total. The van der Waals surface area contributed by atoms with Crippen LogP contribution >= 0.6 is 11.6 Å². The van der Waals surface area contributed by atoms with Crippen LogP contribution in [-0.4, -0.2) is 49.5 Å². The van der Waals surface area contributed by atoms with Crippen LogP contribution < -0.4 is 5.32 Å². The van der Waals surface area contributed by atoms with Crippen molar-refractivity contribution in [2.45, 2.75) is 51.4 Å². The molecule has 0 unspecified atom stereocenters. The van der Waals surface area contributed by atoms with Crippen molar-refractivity contribution >= 4 is 17.5 Å². The van der Waals surface area contributed by atoms with Gasteiger partial charge >= 0.3 is 0 Å². The molecular formula is C17H23ClN6O. The van der Waals surface area contributed by atoms with Crippen molar-refractivity contribution in [3.63, 3.8) is 0 Å². The molecule has 1 fully saturated rings. The topological polar surface area (TPSA) is 68.0 Å². The first-order chi connectivity index (χ1) is 12.2. The largest absolute Gasteiger partial charge is 0.353 e. The lowest BCUT2D eigenvalue weighted by Gasteiger charge is -2.27. The van der Waals surface area contributed by atoms with Gasteiger partial charge in [-0.05, 0) is 18.9 Å². The number of nitrogens with zero attached hydrogens (tertiary/aromatic N) is 5. The average molecular weight is 363 g/mol. The Kier molecular flexibility index (Phi) is 4.76. The molecule has 0 saturated heterocycles. The van der Waals surface area contributed by atoms with Gasteiger partial charge in [0.2, 0.25) is 5.91 Å².